The quantitative estimate of drug-likeness (QED) is 0.342. The van der Waals surface area contributed by atoms with Gasteiger partial charge in [0.05, 0.1) is 0 Å². The van der Waals surface area contributed by atoms with Crippen LogP contribution in [-0.2, 0) is 4.79 Å². The number of aromatic nitrogens is 2. The van der Waals surface area contributed by atoms with Crippen LogP contribution in [0.2, 0.25) is 0 Å². The number of aryl methyl sites for hydroxylation is 3. The zero-order chi connectivity index (χ0) is 24.2. The van der Waals surface area contributed by atoms with Crippen LogP contribution in [-0.4, -0.2) is 15.3 Å². The van der Waals surface area contributed by atoms with Crippen molar-refractivity contribution in [3.8, 4) is 17.7 Å². The minimum Gasteiger partial charge on any atom is -0.438 e. The molecule has 0 spiro atoms. The molecule has 2 aromatic carbocycles. The molecule has 2 aromatic heterocycles. The van der Waals surface area contributed by atoms with E-state index in [1.54, 1.807) is 36.5 Å². The van der Waals surface area contributed by atoms with Crippen LogP contribution in [0.1, 0.15) is 22.3 Å². The zero-order valence-electron chi connectivity index (χ0n) is 19.0. The molecule has 1 N–H and O–H groups in total. The number of nitriles is 1. The molecule has 1 amide bonds. The van der Waals surface area contributed by atoms with Gasteiger partial charge in [0.2, 0.25) is 5.88 Å². The number of carbonyl (C=O) groups excluding carboxylic acids is 1. The molecule has 34 heavy (non-hydrogen) atoms. The third kappa shape index (κ3) is 4.57. The van der Waals surface area contributed by atoms with E-state index in [1.165, 1.54) is 10.5 Å². The lowest BCUT2D eigenvalue weighted by molar-refractivity contribution is -0.112. The van der Waals surface area contributed by atoms with Crippen molar-refractivity contribution in [1.82, 2.24) is 9.38 Å². The number of nitrogens with one attached hydrogen (secondary N) is 1. The first-order valence-corrected chi connectivity index (χ1v) is 10.6. The largest absolute Gasteiger partial charge is 0.438 e. The average molecular weight is 450 g/mol. The zero-order valence-corrected chi connectivity index (χ0v) is 19.0. The van der Waals surface area contributed by atoms with E-state index in [0.717, 1.165) is 16.7 Å². The molecule has 0 unspecified atom stereocenters. The highest BCUT2D eigenvalue weighted by molar-refractivity contribution is 6.10. The van der Waals surface area contributed by atoms with Crippen molar-refractivity contribution in [2.45, 2.75) is 20.8 Å². The molecule has 0 aliphatic rings. The summed E-state index contributed by atoms with van der Waals surface area (Å²) in [6.07, 6.45) is 2.81. The average Bonchev–Trinajstić information content (AvgIpc) is 2.82. The third-order valence-electron chi connectivity index (χ3n) is 5.33. The van der Waals surface area contributed by atoms with Gasteiger partial charge in [-0.15, -0.1) is 0 Å². The second-order valence-corrected chi connectivity index (χ2v) is 7.87. The van der Waals surface area contributed by atoms with Crippen molar-refractivity contribution < 1.29 is 9.53 Å². The molecule has 7 heteroatoms. The van der Waals surface area contributed by atoms with Crippen molar-refractivity contribution in [1.29, 1.82) is 5.26 Å². The van der Waals surface area contributed by atoms with Crippen LogP contribution in [0.5, 0.6) is 11.6 Å². The van der Waals surface area contributed by atoms with E-state index in [9.17, 15) is 14.9 Å². The molecule has 0 aliphatic carbocycles. The highest BCUT2D eigenvalue weighted by atomic mass is 16.5. The van der Waals surface area contributed by atoms with Gasteiger partial charge >= 0.3 is 0 Å². The van der Waals surface area contributed by atoms with E-state index >= 15 is 0 Å². The lowest BCUT2D eigenvalue weighted by Gasteiger charge is -2.12. The number of nitrogens with zero attached hydrogens (tertiary/aromatic N) is 3. The Labute approximate surface area is 196 Å². The molecule has 0 bridgehead atoms. The lowest BCUT2D eigenvalue weighted by atomic mass is 10.1. The third-order valence-corrected chi connectivity index (χ3v) is 5.33. The first kappa shape index (κ1) is 22.5. The number of amides is 1. The summed E-state index contributed by atoms with van der Waals surface area (Å²) < 4.78 is 7.33. The number of carbonyl (C=O) groups is 1. The van der Waals surface area contributed by atoms with E-state index in [2.05, 4.69) is 10.3 Å². The number of ether oxygens (including phenoxy) is 1. The van der Waals surface area contributed by atoms with Gasteiger partial charge in [0, 0.05) is 11.9 Å². The van der Waals surface area contributed by atoms with Gasteiger partial charge in [-0.2, -0.15) is 10.2 Å². The molecular formula is C27H22N4O3. The molecule has 7 nitrogen and oxygen atoms in total. The summed E-state index contributed by atoms with van der Waals surface area (Å²) >= 11 is 0. The summed E-state index contributed by atoms with van der Waals surface area (Å²) in [4.78, 5) is 30.8. The Morgan fingerprint density at radius 3 is 2.44 bits per heavy atom. The topological polar surface area (TPSA) is 96.5 Å². The number of anilines is 1. The van der Waals surface area contributed by atoms with Crippen LogP contribution in [0.4, 0.5) is 5.69 Å². The fourth-order valence-electron chi connectivity index (χ4n) is 3.41. The molecule has 0 saturated heterocycles. The molecular weight excluding hydrogens is 428 g/mol. The molecule has 0 radical (unpaired) electrons. The van der Waals surface area contributed by atoms with Gasteiger partial charge < -0.3 is 10.1 Å². The minimum atomic E-state index is -0.633. The maximum Gasteiger partial charge on any atom is 0.269 e. The van der Waals surface area contributed by atoms with Gasteiger partial charge in [-0.1, -0.05) is 42.0 Å². The van der Waals surface area contributed by atoms with E-state index in [-0.39, 0.29) is 17.0 Å². The summed E-state index contributed by atoms with van der Waals surface area (Å²) in [6.45, 7) is 5.64. The van der Waals surface area contributed by atoms with E-state index < -0.39 is 11.5 Å². The Balaban J connectivity index is 1.84. The van der Waals surface area contributed by atoms with Gasteiger partial charge in [-0.25, -0.2) is 0 Å². The van der Waals surface area contributed by atoms with Crippen LogP contribution in [0, 0.1) is 32.1 Å². The lowest BCUT2D eigenvalue weighted by Crippen LogP contribution is -2.21. The van der Waals surface area contributed by atoms with Gasteiger partial charge in [0.25, 0.3) is 11.5 Å². The molecule has 0 saturated carbocycles. The first-order chi connectivity index (χ1) is 16.4. The predicted molar refractivity (Wildman–Crippen MR) is 131 cm³/mol. The predicted octanol–water partition coefficient (Wildman–Crippen LogP) is 4.96. The number of pyridine rings is 1. The second kappa shape index (κ2) is 9.43. The van der Waals surface area contributed by atoms with Crippen LogP contribution in [0.3, 0.4) is 0 Å². The Morgan fingerprint density at radius 2 is 1.74 bits per heavy atom. The fraction of sp³-hybridized carbons (Fsp3) is 0.111. The van der Waals surface area contributed by atoms with Gasteiger partial charge in [0.15, 0.2) is 0 Å². The van der Waals surface area contributed by atoms with Gasteiger partial charge in [-0.3, -0.25) is 14.0 Å². The summed E-state index contributed by atoms with van der Waals surface area (Å²) in [5.74, 6) is -0.139. The molecule has 0 fully saturated rings. The van der Waals surface area contributed by atoms with Crippen molar-refractivity contribution in [2.75, 3.05) is 5.32 Å². The molecule has 0 aliphatic heterocycles. The Morgan fingerprint density at radius 1 is 1.03 bits per heavy atom. The highest BCUT2D eigenvalue weighted by Gasteiger charge is 2.18. The summed E-state index contributed by atoms with van der Waals surface area (Å²) in [5, 5.41) is 12.4. The molecule has 4 aromatic rings. The molecule has 168 valence electrons. The van der Waals surface area contributed by atoms with E-state index in [4.69, 9.17) is 4.74 Å². The van der Waals surface area contributed by atoms with Crippen LogP contribution in [0.25, 0.3) is 11.7 Å². The number of benzene rings is 2. The Bertz CT molecular complexity index is 1530. The maximum absolute atomic E-state index is 13.4. The van der Waals surface area contributed by atoms with E-state index in [0.29, 0.717) is 17.1 Å². The summed E-state index contributed by atoms with van der Waals surface area (Å²) in [7, 11) is 0. The van der Waals surface area contributed by atoms with Crippen molar-refractivity contribution in [3.05, 3.63) is 105 Å². The first-order valence-electron chi connectivity index (χ1n) is 10.6. The van der Waals surface area contributed by atoms with E-state index in [1.807, 2.05) is 57.2 Å². The molecule has 0 atom stereocenters. The number of para-hydroxylation sites is 1. The van der Waals surface area contributed by atoms with Gasteiger partial charge in [-0.05, 0) is 62.2 Å². The molecule has 4 rings (SSSR count). The smallest absolute Gasteiger partial charge is 0.269 e. The van der Waals surface area contributed by atoms with Crippen LogP contribution < -0.4 is 15.6 Å². The van der Waals surface area contributed by atoms with Crippen molar-refractivity contribution in [3.63, 3.8) is 0 Å². The monoisotopic (exact) mass is 450 g/mol. The summed E-state index contributed by atoms with van der Waals surface area (Å²) in [6, 6.07) is 20.0. The Kier molecular flexibility index (Phi) is 6.24. The standard InChI is InChI=1S/C27H22N4O3/c1-17-10-12-21(13-11-17)34-26-22(27(33)31-14-6-8-19(3)24(31)30-26)15-20(16-28)25(32)29-23-9-5-4-7-18(23)2/h4-15H,1-3H3,(H,29,32)/b20-15-. The minimum absolute atomic E-state index is 0.000147. The van der Waals surface area contributed by atoms with Crippen molar-refractivity contribution >= 4 is 23.3 Å². The number of hydrogen-bond donors (Lipinski definition) is 1. The maximum atomic E-state index is 13.4. The van der Waals surface area contributed by atoms with Gasteiger partial charge in [0.1, 0.15) is 28.6 Å². The number of fused-ring (bicyclic) bond motifs is 1. The van der Waals surface area contributed by atoms with Crippen molar-refractivity contribution in [2.24, 2.45) is 0 Å². The van der Waals surface area contributed by atoms with Crippen LogP contribution in [0.15, 0.2) is 77.2 Å². The normalized spacial score (nSPS) is 11.2. The fourth-order valence-corrected chi connectivity index (χ4v) is 3.41. The highest BCUT2D eigenvalue weighted by Crippen LogP contribution is 2.25. The second-order valence-electron chi connectivity index (χ2n) is 7.87. The number of rotatable bonds is 5. The number of hydrogen-bond acceptors (Lipinski definition) is 5. The van der Waals surface area contributed by atoms with Crippen LogP contribution >= 0.6 is 0 Å². The SMILES string of the molecule is Cc1ccc(Oc2nc3c(C)cccn3c(=O)c2/C=C(/C#N)C(=O)Nc2ccccc2C)cc1. The summed E-state index contributed by atoms with van der Waals surface area (Å²) in [5.41, 5.74) is 2.98. The Hall–Kier alpha value is -4.70. The molecule has 2 heterocycles.